The van der Waals surface area contributed by atoms with Crippen LogP contribution in [0.4, 0.5) is 4.79 Å². The van der Waals surface area contributed by atoms with Gasteiger partial charge in [0.25, 0.3) is 0 Å². The molecule has 0 aliphatic carbocycles. The van der Waals surface area contributed by atoms with Gasteiger partial charge in [-0.2, -0.15) is 12.6 Å². The van der Waals surface area contributed by atoms with Crippen molar-refractivity contribution in [2.24, 2.45) is 5.92 Å². The number of hydrogen-bond donors (Lipinski definition) is 1. The number of nitrogens with zero attached hydrogens (tertiary/aromatic N) is 2. The van der Waals surface area contributed by atoms with Crippen LogP contribution in [0.2, 0.25) is 0 Å². The highest BCUT2D eigenvalue weighted by molar-refractivity contribution is 7.80. The van der Waals surface area contributed by atoms with Crippen molar-refractivity contribution < 1.29 is 14.3 Å². The zero-order valence-corrected chi connectivity index (χ0v) is 18.3. The van der Waals surface area contributed by atoms with Crippen molar-refractivity contribution >= 4 is 18.7 Å². The number of rotatable bonds is 6. The molecule has 0 atom stereocenters. The minimum Gasteiger partial charge on any atom is -0.493 e. The first kappa shape index (κ1) is 21.3. The third kappa shape index (κ3) is 6.05. The molecule has 0 N–H and O–H groups in total. The van der Waals surface area contributed by atoms with E-state index in [9.17, 15) is 4.79 Å². The maximum absolute atomic E-state index is 12.0. The molecular formula is C22H34N2O3S. The summed E-state index contributed by atoms with van der Waals surface area (Å²) < 4.78 is 11.0. The monoisotopic (exact) mass is 406 g/mol. The first-order chi connectivity index (χ1) is 13.3. The van der Waals surface area contributed by atoms with Crippen LogP contribution >= 0.6 is 12.6 Å². The van der Waals surface area contributed by atoms with Gasteiger partial charge >= 0.3 is 6.09 Å². The Balaban J connectivity index is 1.37. The number of hydrogen-bond acceptors (Lipinski definition) is 5. The van der Waals surface area contributed by atoms with Gasteiger partial charge in [-0.05, 0) is 70.3 Å². The molecule has 0 radical (unpaired) electrons. The van der Waals surface area contributed by atoms with Gasteiger partial charge in [0.1, 0.15) is 11.4 Å². The number of ether oxygens (including phenoxy) is 2. The summed E-state index contributed by atoms with van der Waals surface area (Å²) in [5.41, 5.74) is 0.999. The van der Waals surface area contributed by atoms with Crippen LogP contribution in [0.25, 0.3) is 0 Å². The van der Waals surface area contributed by atoms with Gasteiger partial charge < -0.3 is 19.3 Å². The van der Waals surface area contributed by atoms with Crippen molar-refractivity contribution in [1.82, 2.24) is 9.80 Å². The molecule has 3 rings (SSSR count). The Morgan fingerprint density at radius 3 is 2.36 bits per heavy atom. The van der Waals surface area contributed by atoms with E-state index in [1.54, 1.807) is 0 Å². The molecule has 0 unspecified atom stereocenters. The normalized spacial score (nSPS) is 19.4. The first-order valence-corrected chi connectivity index (χ1v) is 11.0. The molecule has 1 aromatic carbocycles. The highest BCUT2D eigenvalue weighted by Gasteiger charge is 2.35. The average molecular weight is 407 g/mol. The fraction of sp³-hybridized carbons (Fsp3) is 0.682. The van der Waals surface area contributed by atoms with Crippen molar-refractivity contribution in [2.75, 3.05) is 45.1 Å². The molecule has 2 heterocycles. The van der Waals surface area contributed by atoms with E-state index in [1.807, 2.05) is 25.7 Å². The molecule has 1 amide bonds. The number of piperidine rings is 1. The van der Waals surface area contributed by atoms with Crippen molar-refractivity contribution in [3.63, 3.8) is 0 Å². The summed E-state index contributed by atoms with van der Waals surface area (Å²) in [5, 5.41) is 0. The number of carbonyl (C=O) groups is 1. The molecule has 2 aliphatic heterocycles. The van der Waals surface area contributed by atoms with Crippen molar-refractivity contribution in [1.29, 1.82) is 0 Å². The molecule has 2 aliphatic rings. The van der Waals surface area contributed by atoms with E-state index < -0.39 is 5.60 Å². The minimum absolute atomic E-state index is 0.177. The summed E-state index contributed by atoms with van der Waals surface area (Å²) >= 11 is 4.17. The molecular weight excluding hydrogens is 372 g/mol. The molecule has 0 spiro atoms. The largest absolute Gasteiger partial charge is 0.493 e. The van der Waals surface area contributed by atoms with Crippen molar-refractivity contribution in [3.8, 4) is 5.75 Å². The van der Waals surface area contributed by atoms with Gasteiger partial charge in [0, 0.05) is 31.3 Å². The quantitative estimate of drug-likeness (QED) is 0.724. The summed E-state index contributed by atoms with van der Waals surface area (Å²) in [4.78, 5) is 16.4. The molecule has 2 fully saturated rings. The smallest absolute Gasteiger partial charge is 0.410 e. The Labute approximate surface area is 174 Å². The van der Waals surface area contributed by atoms with E-state index in [0.29, 0.717) is 18.4 Å². The Kier molecular flexibility index (Phi) is 7.15. The topological polar surface area (TPSA) is 42.0 Å². The molecule has 2 saturated heterocycles. The molecule has 0 saturated carbocycles. The van der Waals surface area contributed by atoms with Gasteiger partial charge in [0.2, 0.25) is 0 Å². The Morgan fingerprint density at radius 2 is 1.79 bits per heavy atom. The summed E-state index contributed by atoms with van der Waals surface area (Å²) in [7, 11) is 0. The van der Waals surface area contributed by atoms with Gasteiger partial charge in [0.15, 0.2) is 0 Å². The maximum atomic E-state index is 12.0. The van der Waals surface area contributed by atoms with Gasteiger partial charge in [-0.15, -0.1) is 0 Å². The Bertz CT molecular complexity index is 630. The van der Waals surface area contributed by atoms with Crippen LogP contribution in [-0.4, -0.2) is 66.6 Å². The highest BCUT2D eigenvalue weighted by atomic mass is 32.1. The van der Waals surface area contributed by atoms with Crippen LogP contribution in [0.3, 0.4) is 0 Å². The highest BCUT2D eigenvalue weighted by Crippen LogP contribution is 2.30. The summed E-state index contributed by atoms with van der Waals surface area (Å²) in [6.45, 7) is 11.4. The first-order valence-electron chi connectivity index (χ1n) is 10.4. The van der Waals surface area contributed by atoms with Crippen LogP contribution in [0.5, 0.6) is 5.75 Å². The number of amides is 1. The van der Waals surface area contributed by atoms with Crippen LogP contribution in [0.1, 0.15) is 45.1 Å². The van der Waals surface area contributed by atoms with Gasteiger partial charge in [-0.1, -0.05) is 12.1 Å². The predicted octanol–water partition coefficient (Wildman–Crippen LogP) is 4.04. The number of benzene rings is 1. The molecule has 1 aromatic rings. The zero-order valence-electron chi connectivity index (χ0n) is 17.4. The average Bonchev–Trinajstić information content (AvgIpc) is 2.62. The van der Waals surface area contributed by atoms with Crippen molar-refractivity contribution in [2.45, 2.75) is 45.1 Å². The lowest BCUT2D eigenvalue weighted by Crippen LogP contribution is -2.55. The molecule has 0 bridgehead atoms. The number of thiol groups is 1. The van der Waals surface area contributed by atoms with Gasteiger partial charge in [-0.25, -0.2) is 4.79 Å². The van der Waals surface area contributed by atoms with Crippen molar-refractivity contribution in [3.05, 3.63) is 29.8 Å². The predicted molar refractivity (Wildman–Crippen MR) is 116 cm³/mol. The van der Waals surface area contributed by atoms with Crippen LogP contribution in [0.15, 0.2) is 24.3 Å². The fourth-order valence-corrected chi connectivity index (χ4v) is 4.07. The van der Waals surface area contributed by atoms with E-state index in [1.165, 1.54) is 18.4 Å². The lowest BCUT2D eigenvalue weighted by atomic mass is 9.88. The van der Waals surface area contributed by atoms with Crippen LogP contribution in [0, 0.1) is 5.92 Å². The van der Waals surface area contributed by atoms with E-state index in [-0.39, 0.29) is 6.09 Å². The van der Waals surface area contributed by atoms with E-state index in [2.05, 4.69) is 41.8 Å². The number of likely N-dealkylation sites (tertiary alicyclic amines) is 2. The van der Waals surface area contributed by atoms with Gasteiger partial charge in [0.05, 0.1) is 6.61 Å². The number of carbonyl (C=O) groups excluding carboxylic acids is 1. The maximum Gasteiger partial charge on any atom is 0.410 e. The SMILES string of the molecule is CC(C)(C)OC(=O)N1CC(CN2CCC(c3ccc(OCCS)cc3)CC2)C1. The molecule has 6 heteroatoms. The third-order valence-electron chi connectivity index (χ3n) is 5.42. The molecule has 156 valence electrons. The minimum atomic E-state index is -0.416. The second-order valence-electron chi connectivity index (χ2n) is 8.97. The second kappa shape index (κ2) is 9.40. The summed E-state index contributed by atoms with van der Waals surface area (Å²) in [6, 6.07) is 8.56. The zero-order chi connectivity index (χ0) is 20.1. The third-order valence-corrected chi connectivity index (χ3v) is 5.61. The van der Waals surface area contributed by atoms with Crippen LogP contribution < -0.4 is 4.74 Å². The summed E-state index contributed by atoms with van der Waals surface area (Å²) in [6.07, 6.45) is 2.21. The summed E-state index contributed by atoms with van der Waals surface area (Å²) in [5.74, 6) is 2.87. The van der Waals surface area contributed by atoms with E-state index in [0.717, 1.165) is 44.2 Å². The molecule has 0 aromatic heterocycles. The lowest BCUT2D eigenvalue weighted by Gasteiger charge is -2.43. The van der Waals surface area contributed by atoms with Gasteiger partial charge in [-0.3, -0.25) is 0 Å². The van der Waals surface area contributed by atoms with E-state index in [4.69, 9.17) is 9.47 Å². The Morgan fingerprint density at radius 1 is 1.14 bits per heavy atom. The second-order valence-corrected chi connectivity index (χ2v) is 9.41. The molecule has 5 nitrogen and oxygen atoms in total. The Hall–Kier alpha value is -1.40. The van der Waals surface area contributed by atoms with Crippen LogP contribution in [-0.2, 0) is 4.74 Å². The fourth-order valence-electron chi connectivity index (χ4n) is 3.97. The standard InChI is InChI=1S/C22H34N2O3S/c1-22(2,3)27-21(25)24-15-17(16-24)14-23-10-8-19(9-11-23)18-4-6-20(7-5-18)26-12-13-28/h4-7,17,19,28H,8-16H2,1-3H3. The lowest BCUT2D eigenvalue weighted by molar-refractivity contribution is -0.00749. The van der Waals surface area contributed by atoms with E-state index >= 15 is 0 Å². The molecule has 28 heavy (non-hydrogen) atoms.